The van der Waals surface area contributed by atoms with E-state index < -0.39 is 0 Å². The Kier molecular flexibility index (Phi) is 5.09. The summed E-state index contributed by atoms with van der Waals surface area (Å²) in [6.45, 7) is 14.2. The van der Waals surface area contributed by atoms with Gasteiger partial charge in [-0.15, -0.1) is 23.1 Å². The molecule has 198 valence electrons. The zero-order valence-electron chi connectivity index (χ0n) is 24.1. The molecule has 1 aromatic heterocycles. The molecule has 1 atom stereocenters. The average molecular weight is 555 g/mol. The van der Waals surface area contributed by atoms with E-state index in [2.05, 4.69) is 120 Å². The third kappa shape index (κ3) is 3.27. The third-order valence-electron chi connectivity index (χ3n) is 9.75. The van der Waals surface area contributed by atoms with Crippen molar-refractivity contribution in [2.75, 3.05) is 0 Å². The fourth-order valence-corrected chi connectivity index (χ4v) is 9.53. The molecule has 1 unspecified atom stereocenters. The van der Waals surface area contributed by atoms with Crippen LogP contribution in [0.15, 0.2) is 78.9 Å². The van der Waals surface area contributed by atoms with E-state index in [1.165, 1.54) is 87.5 Å². The largest absolute Gasteiger partial charge is 0.141 e. The first-order valence-electron chi connectivity index (χ1n) is 14.5. The quantitative estimate of drug-likeness (QED) is 0.209. The molecule has 0 bridgehead atoms. The second-order valence-electron chi connectivity index (χ2n) is 13.0. The van der Waals surface area contributed by atoms with E-state index in [1.54, 1.807) is 0 Å². The highest BCUT2D eigenvalue weighted by molar-refractivity contribution is 8.09. The summed E-state index contributed by atoms with van der Waals surface area (Å²) >= 11 is 3.91. The third-order valence-corrected chi connectivity index (χ3v) is 12.0. The number of rotatable bonds is 2. The molecule has 5 aromatic rings. The minimum atomic E-state index is -0.0882. The van der Waals surface area contributed by atoms with Crippen molar-refractivity contribution in [3.05, 3.63) is 112 Å². The second-order valence-corrected chi connectivity index (χ2v) is 15.8. The van der Waals surface area contributed by atoms with Crippen molar-refractivity contribution < 1.29 is 0 Å². The smallest absolute Gasteiger partial charge is 0.0351 e. The first kappa shape index (κ1) is 24.7. The van der Waals surface area contributed by atoms with E-state index >= 15 is 0 Å². The highest BCUT2D eigenvalue weighted by Crippen LogP contribution is 2.57. The Morgan fingerprint density at radius 3 is 2.05 bits per heavy atom. The van der Waals surface area contributed by atoms with E-state index in [9.17, 15) is 0 Å². The van der Waals surface area contributed by atoms with Gasteiger partial charge in [-0.25, -0.2) is 0 Å². The minimum Gasteiger partial charge on any atom is -0.141 e. The van der Waals surface area contributed by atoms with Crippen LogP contribution in [0.5, 0.6) is 0 Å². The van der Waals surface area contributed by atoms with Crippen LogP contribution >= 0.6 is 23.1 Å². The molecule has 2 aliphatic carbocycles. The predicted molar refractivity (Wildman–Crippen MR) is 177 cm³/mol. The van der Waals surface area contributed by atoms with Crippen LogP contribution in [0.4, 0.5) is 0 Å². The van der Waals surface area contributed by atoms with Crippen LogP contribution in [-0.2, 0) is 10.8 Å². The van der Waals surface area contributed by atoms with Gasteiger partial charge in [-0.1, -0.05) is 83.2 Å². The Morgan fingerprint density at radius 1 is 0.675 bits per heavy atom. The minimum absolute atomic E-state index is 0.0419. The molecule has 1 aliphatic heterocycles. The van der Waals surface area contributed by atoms with Crippen LogP contribution < -0.4 is 0 Å². The maximum Gasteiger partial charge on any atom is 0.0351 e. The van der Waals surface area contributed by atoms with Crippen LogP contribution in [0.2, 0.25) is 0 Å². The maximum atomic E-state index is 2.55. The van der Waals surface area contributed by atoms with Gasteiger partial charge < -0.3 is 0 Å². The van der Waals surface area contributed by atoms with Crippen LogP contribution in [0, 0.1) is 6.92 Å². The van der Waals surface area contributed by atoms with Crippen molar-refractivity contribution in [1.29, 1.82) is 0 Å². The summed E-state index contributed by atoms with van der Waals surface area (Å²) in [5.41, 5.74) is 14.0. The molecule has 4 aromatic carbocycles. The molecular weight excluding hydrogens is 521 g/mol. The number of hydrogen-bond donors (Lipinski definition) is 0. The number of benzene rings is 4. The van der Waals surface area contributed by atoms with E-state index in [-0.39, 0.29) is 10.8 Å². The van der Waals surface area contributed by atoms with Gasteiger partial charge in [-0.3, -0.25) is 0 Å². The molecule has 8 rings (SSSR count). The van der Waals surface area contributed by atoms with Crippen LogP contribution in [0.25, 0.3) is 48.4 Å². The molecule has 2 heterocycles. The number of thiophene rings is 1. The van der Waals surface area contributed by atoms with Gasteiger partial charge in [0.1, 0.15) is 0 Å². The number of allylic oxidation sites excluding steroid dienone is 1. The molecule has 3 aliphatic rings. The number of hydrogen-bond acceptors (Lipinski definition) is 2. The Balaban J connectivity index is 1.35. The van der Waals surface area contributed by atoms with E-state index in [1.807, 2.05) is 23.1 Å². The Bertz CT molecular complexity index is 1930. The van der Waals surface area contributed by atoms with Gasteiger partial charge in [0.25, 0.3) is 0 Å². The maximum absolute atomic E-state index is 2.55. The van der Waals surface area contributed by atoms with Gasteiger partial charge in [0.15, 0.2) is 0 Å². The summed E-state index contributed by atoms with van der Waals surface area (Å²) in [5.74, 6) is 0. The second kappa shape index (κ2) is 8.24. The fourth-order valence-electron chi connectivity index (χ4n) is 7.54. The molecule has 0 fully saturated rings. The van der Waals surface area contributed by atoms with Crippen molar-refractivity contribution in [2.24, 2.45) is 0 Å². The monoisotopic (exact) mass is 554 g/mol. The van der Waals surface area contributed by atoms with Crippen molar-refractivity contribution >= 4 is 38.8 Å². The summed E-state index contributed by atoms with van der Waals surface area (Å²) in [7, 11) is 0. The summed E-state index contributed by atoms with van der Waals surface area (Å²) in [6.07, 6.45) is 3.60. The summed E-state index contributed by atoms with van der Waals surface area (Å²) < 4.78 is 0. The van der Waals surface area contributed by atoms with Gasteiger partial charge in [0.2, 0.25) is 0 Å². The van der Waals surface area contributed by atoms with Gasteiger partial charge in [-0.05, 0) is 110 Å². The summed E-state index contributed by atoms with van der Waals surface area (Å²) in [6, 6.07) is 28.6. The molecule has 0 amide bonds. The first-order valence-corrected chi connectivity index (χ1v) is 16.2. The number of aryl methyl sites for hydroxylation is 1. The topological polar surface area (TPSA) is 0 Å². The Morgan fingerprint density at radius 2 is 1.35 bits per heavy atom. The van der Waals surface area contributed by atoms with Gasteiger partial charge in [0, 0.05) is 30.7 Å². The lowest BCUT2D eigenvalue weighted by Crippen LogP contribution is -2.24. The molecule has 0 saturated carbocycles. The SMILES string of the molecule is Cc1ccc(-c2ccc3c4c(cccc24)C(C)(C)c2cc4c(cc2-3)C(C)(C)c2cc(C3=CCC(C)S3)ccc2-4)s1. The molecule has 0 nitrogen and oxygen atoms in total. The normalized spacial score (nSPS) is 19.4. The van der Waals surface area contributed by atoms with E-state index in [0.717, 1.165) is 0 Å². The van der Waals surface area contributed by atoms with Crippen molar-refractivity contribution in [1.82, 2.24) is 0 Å². The molecule has 0 spiro atoms. The highest BCUT2D eigenvalue weighted by Gasteiger charge is 2.41. The predicted octanol–water partition coefficient (Wildman–Crippen LogP) is 11.4. The van der Waals surface area contributed by atoms with Crippen LogP contribution in [0.3, 0.4) is 0 Å². The lowest BCUT2D eigenvalue weighted by atomic mass is 9.67. The zero-order valence-corrected chi connectivity index (χ0v) is 25.7. The lowest BCUT2D eigenvalue weighted by molar-refractivity contribution is 0.639. The fraction of sp³-hybridized carbons (Fsp3) is 0.263. The van der Waals surface area contributed by atoms with Gasteiger partial charge in [-0.2, -0.15) is 0 Å². The standard InChI is InChI=1S/C38H34S2/c1-21-10-16-34(39-21)23-12-13-24-28-19-33-29(20-32(28)38(5,6)31(24)18-23)27-15-14-25(35-17-11-22(2)40-35)26-8-7-9-30(36(26)27)37(33,3)4/h7-9,11-21H,10H2,1-6H3. The molecule has 40 heavy (non-hydrogen) atoms. The average Bonchev–Trinajstić information content (AvgIpc) is 3.63. The van der Waals surface area contributed by atoms with E-state index in [0.29, 0.717) is 5.25 Å². The zero-order chi connectivity index (χ0) is 27.6. The molecule has 0 N–H and O–H groups in total. The lowest BCUT2D eigenvalue weighted by Gasteiger charge is -2.36. The Hall–Kier alpha value is -3.07. The van der Waals surface area contributed by atoms with Gasteiger partial charge in [0.05, 0.1) is 0 Å². The van der Waals surface area contributed by atoms with Crippen molar-refractivity contribution in [3.8, 4) is 32.7 Å². The summed E-state index contributed by atoms with van der Waals surface area (Å²) in [4.78, 5) is 4.16. The molecular formula is C38H34S2. The highest BCUT2D eigenvalue weighted by atomic mass is 32.2. The Labute approximate surface area is 246 Å². The van der Waals surface area contributed by atoms with Gasteiger partial charge >= 0.3 is 0 Å². The van der Waals surface area contributed by atoms with Crippen LogP contribution in [0.1, 0.15) is 73.7 Å². The first-order chi connectivity index (χ1) is 19.1. The molecule has 2 heteroatoms. The number of thioether (sulfide) groups is 1. The molecule has 0 saturated heterocycles. The van der Waals surface area contributed by atoms with Crippen molar-refractivity contribution in [2.45, 2.75) is 64.0 Å². The van der Waals surface area contributed by atoms with E-state index in [4.69, 9.17) is 0 Å². The molecule has 0 radical (unpaired) electrons. The number of fused-ring (bicyclic) bond motifs is 5. The summed E-state index contributed by atoms with van der Waals surface area (Å²) in [5, 5.41) is 3.48. The van der Waals surface area contributed by atoms with Crippen molar-refractivity contribution in [3.63, 3.8) is 0 Å². The van der Waals surface area contributed by atoms with Crippen LogP contribution in [-0.4, -0.2) is 5.25 Å².